The van der Waals surface area contributed by atoms with Crippen molar-refractivity contribution in [3.63, 3.8) is 0 Å². The van der Waals surface area contributed by atoms with Gasteiger partial charge in [-0.05, 0) is 62.8 Å². The minimum atomic E-state index is -0.0857. The molecule has 33 heavy (non-hydrogen) atoms. The molecular formula is C26H32ClN3O3. The number of rotatable bonds is 5. The highest BCUT2D eigenvalue weighted by molar-refractivity contribution is 6.33. The maximum absolute atomic E-state index is 13.2. The molecule has 0 unspecified atom stereocenters. The van der Waals surface area contributed by atoms with Crippen LogP contribution in [0.25, 0.3) is 0 Å². The van der Waals surface area contributed by atoms with Gasteiger partial charge in [0.2, 0.25) is 0 Å². The molecule has 1 aliphatic heterocycles. The number of hydrogen-bond acceptors (Lipinski definition) is 5. The molecule has 3 aliphatic rings. The number of fused-ring (bicyclic) bond motifs is 1. The van der Waals surface area contributed by atoms with Crippen LogP contribution in [0.2, 0.25) is 5.02 Å². The van der Waals surface area contributed by atoms with Crippen LogP contribution in [0.5, 0.6) is 5.75 Å². The zero-order valence-corrected chi connectivity index (χ0v) is 19.7. The van der Waals surface area contributed by atoms with Crippen LogP contribution in [0, 0.1) is 0 Å². The first-order valence-electron chi connectivity index (χ1n) is 12.3. The molecule has 2 saturated carbocycles. The number of nitrogens with zero attached hydrogens (tertiary/aromatic N) is 2. The maximum Gasteiger partial charge on any atom is 0.255 e. The molecule has 2 heterocycles. The second kappa shape index (κ2) is 10.3. The van der Waals surface area contributed by atoms with E-state index in [0.717, 1.165) is 31.4 Å². The van der Waals surface area contributed by atoms with Crippen molar-refractivity contribution in [2.24, 2.45) is 0 Å². The van der Waals surface area contributed by atoms with E-state index in [4.69, 9.17) is 21.1 Å². The SMILES string of the molecule is O=C(N[C@H]1CC[C@H](OC2CCCCC2)CC1)c1cccc2c1OCCN2c1ncccc1Cl. The molecule has 0 radical (unpaired) electrons. The molecule has 1 aromatic carbocycles. The molecule has 2 aromatic rings. The number of nitrogens with one attached hydrogen (secondary N) is 1. The number of pyridine rings is 1. The lowest BCUT2D eigenvalue weighted by Crippen LogP contribution is -2.40. The Morgan fingerprint density at radius 1 is 1.03 bits per heavy atom. The number of anilines is 2. The average Bonchev–Trinajstić information content (AvgIpc) is 2.85. The number of halogens is 1. The summed E-state index contributed by atoms with van der Waals surface area (Å²) in [6.45, 7) is 1.09. The number of carbonyl (C=O) groups excluding carboxylic acids is 1. The number of ether oxygens (including phenoxy) is 2. The summed E-state index contributed by atoms with van der Waals surface area (Å²) in [5.41, 5.74) is 1.38. The van der Waals surface area contributed by atoms with Gasteiger partial charge in [0, 0.05) is 12.2 Å². The summed E-state index contributed by atoms with van der Waals surface area (Å²) in [4.78, 5) is 19.7. The molecule has 0 spiro atoms. The Hall–Kier alpha value is -2.31. The maximum atomic E-state index is 13.2. The first kappa shape index (κ1) is 22.5. The Balaban J connectivity index is 1.23. The van der Waals surface area contributed by atoms with Gasteiger partial charge in [0.15, 0.2) is 11.6 Å². The Morgan fingerprint density at radius 2 is 1.82 bits per heavy atom. The van der Waals surface area contributed by atoms with Crippen molar-refractivity contribution in [2.75, 3.05) is 18.1 Å². The highest BCUT2D eigenvalue weighted by atomic mass is 35.5. The predicted molar refractivity (Wildman–Crippen MR) is 130 cm³/mol. The number of amides is 1. The summed E-state index contributed by atoms with van der Waals surface area (Å²) < 4.78 is 12.3. The third-order valence-corrected chi connectivity index (χ3v) is 7.33. The molecule has 176 valence electrons. The van der Waals surface area contributed by atoms with E-state index in [1.807, 2.05) is 35.2 Å². The molecule has 5 rings (SSSR count). The van der Waals surface area contributed by atoms with Gasteiger partial charge in [-0.3, -0.25) is 4.79 Å². The van der Waals surface area contributed by atoms with E-state index in [9.17, 15) is 4.79 Å². The number of para-hydroxylation sites is 1. The normalized spacial score (nSPS) is 23.5. The number of carbonyl (C=O) groups is 1. The van der Waals surface area contributed by atoms with Gasteiger partial charge in [-0.1, -0.05) is 36.9 Å². The van der Waals surface area contributed by atoms with Crippen molar-refractivity contribution in [2.45, 2.75) is 76.0 Å². The van der Waals surface area contributed by atoms with E-state index >= 15 is 0 Å². The molecule has 2 aliphatic carbocycles. The van der Waals surface area contributed by atoms with E-state index in [2.05, 4.69) is 10.3 Å². The van der Waals surface area contributed by atoms with E-state index in [-0.39, 0.29) is 11.9 Å². The van der Waals surface area contributed by atoms with E-state index in [0.29, 0.717) is 47.5 Å². The third-order valence-electron chi connectivity index (χ3n) is 7.03. The van der Waals surface area contributed by atoms with Crippen LogP contribution in [-0.2, 0) is 4.74 Å². The molecule has 7 heteroatoms. The van der Waals surface area contributed by atoms with Crippen molar-refractivity contribution in [3.05, 3.63) is 47.1 Å². The Bertz CT molecular complexity index is 971. The molecule has 0 atom stereocenters. The monoisotopic (exact) mass is 469 g/mol. The lowest BCUT2D eigenvalue weighted by atomic mass is 9.91. The molecule has 1 amide bonds. The summed E-state index contributed by atoms with van der Waals surface area (Å²) >= 11 is 6.39. The van der Waals surface area contributed by atoms with Crippen LogP contribution < -0.4 is 15.0 Å². The van der Waals surface area contributed by atoms with Crippen molar-refractivity contribution in [3.8, 4) is 5.75 Å². The van der Waals surface area contributed by atoms with Crippen LogP contribution in [0.1, 0.15) is 68.1 Å². The van der Waals surface area contributed by atoms with Crippen LogP contribution in [0.4, 0.5) is 11.5 Å². The Morgan fingerprint density at radius 3 is 2.61 bits per heavy atom. The summed E-state index contributed by atoms with van der Waals surface area (Å²) in [7, 11) is 0. The van der Waals surface area contributed by atoms with Crippen molar-refractivity contribution in [1.82, 2.24) is 10.3 Å². The van der Waals surface area contributed by atoms with Gasteiger partial charge in [-0.2, -0.15) is 0 Å². The standard InChI is InChI=1S/C26H32ClN3O3/c27-22-9-5-15-28-25(22)30-16-17-32-24-21(8-4-10-23(24)30)26(31)29-18-11-13-20(14-12-18)33-19-6-2-1-3-7-19/h4-5,8-10,15,18-20H,1-3,6-7,11-14,16-17H2,(H,29,31)/t18-,20-. The summed E-state index contributed by atoms with van der Waals surface area (Å²) in [5, 5.41) is 3.82. The highest BCUT2D eigenvalue weighted by Gasteiger charge is 2.29. The predicted octanol–water partition coefficient (Wildman–Crippen LogP) is 5.66. The van der Waals surface area contributed by atoms with Gasteiger partial charge in [-0.25, -0.2) is 4.98 Å². The van der Waals surface area contributed by atoms with Gasteiger partial charge >= 0.3 is 0 Å². The van der Waals surface area contributed by atoms with Gasteiger partial charge in [0.05, 0.1) is 35.0 Å². The summed E-state index contributed by atoms with van der Waals surface area (Å²) in [6, 6.07) is 9.47. The second-order valence-corrected chi connectivity index (χ2v) is 9.71. The minimum Gasteiger partial charge on any atom is -0.489 e. The number of benzene rings is 1. The second-order valence-electron chi connectivity index (χ2n) is 9.31. The molecular weight excluding hydrogens is 438 g/mol. The first-order valence-corrected chi connectivity index (χ1v) is 12.7. The largest absolute Gasteiger partial charge is 0.489 e. The van der Waals surface area contributed by atoms with Crippen LogP contribution >= 0.6 is 11.6 Å². The number of aromatic nitrogens is 1. The Kier molecular flexibility index (Phi) is 7.02. The van der Waals surface area contributed by atoms with Crippen molar-refractivity contribution in [1.29, 1.82) is 0 Å². The molecule has 6 nitrogen and oxygen atoms in total. The summed E-state index contributed by atoms with van der Waals surface area (Å²) in [5.74, 6) is 1.19. The Labute approximate surface area is 200 Å². The van der Waals surface area contributed by atoms with Gasteiger partial charge in [0.1, 0.15) is 6.61 Å². The highest BCUT2D eigenvalue weighted by Crippen LogP contribution is 2.40. The molecule has 1 N–H and O–H groups in total. The minimum absolute atomic E-state index is 0.0857. The van der Waals surface area contributed by atoms with Crippen LogP contribution in [-0.4, -0.2) is 42.3 Å². The fourth-order valence-corrected chi connectivity index (χ4v) is 5.53. The van der Waals surface area contributed by atoms with Crippen LogP contribution in [0.3, 0.4) is 0 Å². The third kappa shape index (κ3) is 5.12. The zero-order valence-electron chi connectivity index (χ0n) is 19.0. The van der Waals surface area contributed by atoms with E-state index < -0.39 is 0 Å². The first-order chi connectivity index (χ1) is 16.2. The van der Waals surface area contributed by atoms with Crippen LogP contribution in [0.15, 0.2) is 36.5 Å². The summed E-state index contributed by atoms with van der Waals surface area (Å²) in [6.07, 6.45) is 12.8. The fourth-order valence-electron chi connectivity index (χ4n) is 5.30. The molecule has 2 fully saturated rings. The van der Waals surface area contributed by atoms with E-state index in [1.165, 1.54) is 32.1 Å². The lowest BCUT2D eigenvalue weighted by Gasteiger charge is -2.34. The topological polar surface area (TPSA) is 63.7 Å². The van der Waals surface area contributed by atoms with Crippen molar-refractivity contribution >= 4 is 29.0 Å². The van der Waals surface area contributed by atoms with Gasteiger partial charge in [0.25, 0.3) is 5.91 Å². The van der Waals surface area contributed by atoms with Crippen molar-refractivity contribution < 1.29 is 14.3 Å². The average molecular weight is 470 g/mol. The van der Waals surface area contributed by atoms with E-state index in [1.54, 1.807) is 6.20 Å². The number of hydrogen-bond donors (Lipinski definition) is 1. The smallest absolute Gasteiger partial charge is 0.255 e. The molecule has 0 bridgehead atoms. The fraction of sp³-hybridized carbons (Fsp3) is 0.538. The molecule has 1 aromatic heterocycles. The quantitative estimate of drug-likeness (QED) is 0.612. The van der Waals surface area contributed by atoms with Gasteiger partial charge < -0.3 is 19.7 Å². The zero-order chi connectivity index (χ0) is 22.6. The molecule has 0 saturated heterocycles. The lowest BCUT2D eigenvalue weighted by molar-refractivity contribution is -0.0479. The van der Waals surface area contributed by atoms with Gasteiger partial charge in [-0.15, -0.1) is 0 Å².